The van der Waals surface area contributed by atoms with Crippen molar-refractivity contribution >= 4 is 17.2 Å². The van der Waals surface area contributed by atoms with Gasteiger partial charge in [0, 0.05) is 12.1 Å². The van der Waals surface area contributed by atoms with Crippen LogP contribution in [0, 0.1) is 17.8 Å². The molecule has 0 saturated heterocycles. The lowest BCUT2D eigenvalue weighted by molar-refractivity contribution is 0.545. The molecule has 0 amide bonds. The van der Waals surface area contributed by atoms with E-state index in [2.05, 4.69) is 4.40 Å². The Morgan fingerprint density at radius 2 is 1.67 bits per heavy atom. The topological polar surface area (TPSA) is 29.4 Å². The highest BCUT2D eigenvalue weighted by Crippen LogP contribution is 2.48. The van der Waals surface area contributed by atoms with Gasteiger partial charge < -0.3 is 0 Å². The minimum atomic E-state index is -1.07. The van der Waals surface area contributed by atoms with Crippen LogP contribution in [-0.4, -0.2) is 15.2 Å². The summed E-state index contributed by atoms with van der Waals surface area (Å²) in [5, 5.41) is 0. The van der Waals surface area contributed by atoms with Crippen LogP contribution in [0.25, 0.3) is 0 Å². The first kappa shape index (κ1) is 11.3. The van der Waals surface area contributed by atoms with Gasteiger partial charge in [0.25, 0.3) is 0 Å². The average Bonchev–Trinajstić information content (AvgIpc) is 2.98. The molecule has 0 unspecified atom stereocenters. The number of nitrogens with zero attached hydrogens (tertiary/aromatic N) is 1. The number of hydrogen-bond donors (Lipinski definition) is 0. The zero-order chi connectivity index (χ0) is 11.1. The molecular weight excluding hydrogens is 206 g/mol. The van der Waals surface area contributed by atoms with E-state index >= 15 is 0 Å². The summed E-state index contributed by atoms with van der Waals surface area (Å²) in [4.78, 5) is 0. The first-order valence-electron chi connectivity index (χ1n) is 5.94. The summed E-state index contributed by atoms with van der Waals surface area (Å²) in [7, 11) is -1.07. The molecule has 1 atom stereocenters. The summed E-state index contributed by atoms with van der Waals surface area (Å²) in [6.45, 7) is 5.93. The molecule has 0 N–H and O–H groups in total. The second kappa shape index (κ2) is 4.00. The van der Waals surface area contributed by atoms with E-state index in [9.17, 15) is 4.21 Å². The van der Waals surface area contributed by atoms with Crippen LogP contribution in [0.2, 0.25) is 0 Å². The molecule has 0 aliphatic heterocycles. The van der Waals surface area contributed by atoms with Gasteiger partial charge in [0.1, 0.15) is 11.0 Å². The monoisotopic (exact) mass is 227 g/mol. The van der Waals surface area contributed by atoms with Crippen molar-refractivity contribution < 1.29 is 4.21 Å². The van der Waals surface area contributed by atoms with Gasteiger partial charge in [-0.1, -0.05) is 0 Å². The van der Waals surface area contributed by atoms with E-state index in [1.807, 2.05) is 27.0 Å². The van der Waals surface area contributed by atoms with Crippen LogP contribution in [0.4, 0.5) is 0 Å². The molecule has 15 heavy (non-hydrogen) atoms. The Balaban J connectivity index is 1.93. The van der Waals surface area contributed by atoms with Gasteiger partial charge in [-0.15, -0.1) is 0 Å². The summed E-state index contributed by atoms with van der Waals surface area (Å²) in [6, 6.07) is 0. The molecule has 0 bridgehead atoms. The second-order valence-corrected chi connectivity index (χ2v) is 7.80. The van der Waals surface area contributed by atoms with Crippen molar-refractivity contribution in [2.75, 3.05) is 0 Å². The third-order valence-electron chi connectivity index (χ3n) is 3.19. The van der Waals surface area contributed by atoms with E-state index in [4.69, 9.17) is 0 Å². The highest BCUT2D eigenvalue weighted by Gasteiger charge is 2.40. The minimum Gasteiger partial charge on any atom is -0.234 e. The molecule has 2 fully saturated rings. The highest BCUT2D eigenvalue weighted by atomic mass is 32.2. The molecule has 2 aliphatic carbocycles. The Hall–Kier alpha value is -0.180. The van der Waals surface area contributed by atoms with Gasteiger partial charge in [-0.05, 0) is 58.3 Å². The molecule has 0 aromatic carbocycles. The molecule has 0 heterocycles. The molecular formula is C12H21NOS. The number of rotatable bonds is 4. The summed E-state index contributed by atoms with van der Waals surface area (Å²) >= 11 is 0. The van der Waals surface area contributed by atoms with Crippen LogP contribution < -0.4 is 0 Å². The predicted octanol–water partition coefficient (Wildman–Crippen LogP) is 2.96. The molecule has 2 saturated carbocycles. The maximum absolute atomic E-state index is 11.8. The van der Waals surface area contributed by atoms with E-state index < -0.39 is 11.0 Å². The van der Waals surface area contributed by atoms with Gasteiger partial charge in [0.2, 0.25) is 0 Å². The smallest absolute Gasteiger partial charge is 0.144 e. The van der Waals surface area contributed by atoms with Gasteiger partial charge in [-0.2, -0.15) is 4.40 Å². The fourth-order valence-corrected chi connectivity index (χ4v) is 2.44. The maximum atomic E-state index is 11.8. The molecule has 0 radical (unpaired) electrons. The van der Waals surface area contributed by atoms with Gasteiger partial charge in [0.05, 0.1) is 4.75 Å². The second-order valence-electron chi connectivity index (χ2n) is 5.87. The molecule has 2 rings (SSSR count). The van der Waals surface area contributed by atoms with Crippen molar-refractivity contribution in [1.29, 1.82) is 0 Å². The van der Waals surface area contributed by atoms with Crippen molar-refractivity contribution in [3.63, 3.8) is 0 Å². The lowest BCUT2D eigenvalue weighted by Crippen LogP contribution is -2.20. The Bertz CT molecular complexity index is 272. The first-order chi connectivity index (χ1) is 6.98. The molecule has 0 aromatic rings. The van der Waals surface area contributed by atoms with Gasteiger partial charge in [-0.25, -0.2) is 4.21 Å². The standard InChI is InChI=1S/C12H21NOS/c1-12(2,3)15(14)13-8-11(9-4-5-9)10-6-7-10/h8-11H,4-7H2,1-3H3/b13-8+/t15-/m0/s1. The van der Waals surface area contributed by atoms with Crippen LogP contribution in [0.3, 0.4) is 0 Å². The SMILES string of the molecule is CC(C)(C)[S@](=O)/N=C/C(C1CC1)C1CC1. The zero-order valence-corrected chi connectivity index (χ0v) is 10.7. The Kier molecular flexibility index (Phi) is 3.02. The molecule has 0 spiro atoms. The third-order valence-corrected chi connectivity index (χ3v) is 4.55. The van der Waals surface area contributed by atoms with Crippen LogP contribution in [-0.2, 0) is 11.0 Å². The minimum absolute atomic E-state index is 0.214. The van der Waals surface area contributed by atoms with E-state index in [0.717, 1.165) is 11.8 Å². The normalized spacial score (nSPS) is 25.1. The van der Waals surface area contributed by atoms with Gasteiger partial charge >= 0.3 is 0 Å². The van der Waals surface area contributed by atoms with Crippen molar-refractivity contribution in [2.45, 2.75) is 51.2 Å². The molecule has 2 aliphatic rings. The molecule has 86 valence electrons. The summed E-state index contributed by atoms with van der Waals surface area (Å²) in [5.41, 5.74) is 0. The predicted molar refractivity (Wildman–Crippen MR) is 65.3 cm³/mol. The zero-order valence-electron chi connectivity index (χ0n) is 9.90. The lowest BCUT2D eigenvalue weighted by atomic mass is 10.00. The van der Waals surface area contributed by atoms with Gasteiger partial charge in [0.15, 0.2) is 0 Å². The van der Waals surface area contributed by atoms with Crippen molar-refractivity contribution in [3.05, 3.63) is 0 Å². The van der Waals surface area contributed by atoms with Crippen molar-refractivity contribution in [3.8, 4) is 0 Å². The summed E-state index contributed by atoms with van der Waals surface area (Å²) in [5.74, 6) is 2.35. The summed E-state index contributed by atoms with van der Waals surface area (Å²) in [6.07, 6.45) is 7.44. The highest BCUT2D eigenvalue weighted by molar-refractivity contribution is 7.85. The van der Waals surface area contributed by atoms with Crippen LogP contribution in [0.15, 0.2) is 4.40 Å². The Labute approximate surface area is 95.1 Å². The average molecular weight is 227 g/mol. The van der Waals surface area contributed by atoms with E-state index in [-0.39, 0.29) is 4.75 Å². The fourth-order valence-electron chi connectivity index (χ4n) is 1.87. The van der Waals surface area contributed by atoms with Gasteiger partial charge in [-0.3, -0.25) is 0 Å². The molecule has 0 aromatic heterocycles. The lowest BCUT2D eigenvalue weighted by Gasteiger charge is -2.14. The van der Waals surface area contributed by atoms with Crippen molar-refractivity contribution in [1.82, 2.24) is 0 Å². The Morgan fingerprint density at radius 1 is 1.20 bits per heavy atom. The number of hydrogen-bond acceptors (Lipinski definition) is 1. The van der Waals surface area contributed by atoms with E-state index in [0.29, 0.717) is 5.92 Å². The van der Waals surface area contributed by atoms with Crippen LogP contribution in [0.5, 0.6) is 0 Å². The Morgan fingerprint density at radius 3 is 2.00 bits per heavy atom. The van der Waals surface area contributed by atoms with Crippen LogP contribution >= 0.6 is 0 Å². The first-order valence-corrected chi connectivity index (χ1v) is 7.05. The maximum Gasteiger partial charge on any atom is 0.144 e. The van der Waals surface area contributed by atoms with Crippen molar-refractivity contribution in [2.24, 2.45) is 22.2 Å². The molecule has 3 heteroatoms. The quantitative estimate of drug-likeness (QED) is 0.679. The fraction of sp³-hybridized carbons (Fsp3) is 0.917. The van der Waals surface area contributed by atoms with Crippen LogP contribution in [0.1, 0.15) is 46.5 Å². The van der Waals surface area contributed by atoms with E-state index in [1.54, 1.807) is 0 Å². The molecule has 2 nitrogen and oxygen atoms in total. The third kappa shape index (κ3) is 3.13. The summed E-state index contributed by atoms with van der Waals surface area (Å²) < 4.78 is 15.8. The van der Waals surface area contributed by atoms with E-state index in [1.165, 1.54) is 25.7 Å². The largest absolute Gasteiger partial charge is 0.234 e.